The molecule has 8 nitrogen and oxygen atoms in total. The molecule has 1 atom stereocenters. The third kappa shape index (κ3) is 8.87. The van der Waals surface area contributed by atoms with E-state index in [1.54, 1.807) is 0 Å². The Morgan fingerprint density at radius 2 is 1.66 bits per heavy atom. The molecule has 164 valence electrons. The summed E-state index contributed by atoms with van der Waals surface area (Å²) in [7, 11) is 0. The minimum Gasteiger partial charge on any atom is -0.384 e. The number of hydrogen-bond acceptors (Lipinski definition) is 6. The third-order valence-electron chi connectivity index (χ3n) is 4.56. The van der Waals surface area contributed by atoms with Crippen LogP contribution in [-0.2, 0) is 15.9 Å². The SMILES string of the molecule is CC(C)(C)CC(OCCCOCCC(C)(C)Cc1cc(=O)[nH]o1)c1cc(=O)[nH]o1. The van der Waals surface area contributed by atoms with E-state index < -0.39 is 0 Å². The summed E-state index contributed by atoms with van der Waals surface area (Å²) in [6, 6.07) is 2.93. The molecule has 2 N–H and O–H groups in total. The van der Waals surface area contributed by atoms with Gasteiger partial charge in [-0.05, 0) is 30.1 Å². The third-order valence-corrected chi connectivity index (χ3v) is 4.56. The van der Waals surface area contributed by atoms with Crippen LogP contribution in [0.5, 0.6) is 0 Å². The van der Waals surface area contributed by atoms with Crippen molar-refractivity contribution in [1.82, 2.24) is 10.3 Å². The average molecular weight is 411 g/mol. The van der Waals surface area contributed by atoms with Crippen molar-refractivity contribution in [3.05, 3.63) is 44.4 Å². The molecule has 0 aliphatic carbocycles. The molecule has 0 fully saturated rings. The van der Waals surface area contributed by atoms with Crippen LogP contribution in [0, 0.1) is 10.8 Å². The number of aromatic amines is 2. The van der Waals surface area contributed by atoms with E-state index in [1.807, 2.05) is 0 Å². The molecule has 8 heteroatoms. The molecule has 29 heavy (non-hydrogen) atoms. The van der Waals surface area contributed by atoms with Crippen molar-refractivity contribution in [2.75, 3.05) is 19.8 Å². The second-order valence-corrected chi connectivity index (χ2v) is 9.48. The first-order chi connectivity index (χ1) is 13.5. The van der Waals surface area contributed by atoms with Gasteiger partial charge in [0.05, 0.1) is 0 Å². The Hall–Kier alpha value is -2.06. The summed E-state index contributed by atoms with van der Waals surface area (Å²) in [6.45, 7) is 12.3. The normalized spacial score (nSPS) is 13.7. The zero-order valence-electron chi connectivity index (χ0n) is 18.1. The van der Waals surface area contributed by atoms with Crippen LogP contribution in [-0.4, -0.2) is 30.1 Å². The fourth-order valence-corrected chi connectivity index (χ4v) is 3.06. The van der Waals surface area contributed by atoms with Gasteiger partial charge in [0.25, 0.3) is 11.1 Å². The topological polar surface area (TPSA) is 110 Å². The molecule has 2 aromatic heterocycles. The molecule has 2 aromatic rings. The molecule has 0 aliphatic rings. The maximum Gasteiger partial charge on any atom is 0.280 e. The zero-order chi connectivity index (χ0) is 21.5. The van der Waals surface area contributed by atoms with Gasteiger partial charge >= 0.3 is 0 Å². The lowest BCUT2D eigenvalue weighted by Crippen LogP contribution is -2.18. The van der Waals surface area contributed by atoms with Crippen molar-refractivity contribution in [2.45, 2.75) is 66.4 Å². The number of nitrogens with one attached hydrogen (secondary N) is 2. The monoisotopic (exact) mass is 410 g/mol. The first-order valence-electron chi connectivity index (χ1n) is 10.1. The van der Waals surface area contributed by atoms with Crippen molar-refractivity contribution < 1.29 is 18.5 Å². The van der Waals surface area contributed by atoms with E-state index in [1.165, 1.54) is 12.1 Å². The standard InChI is InChI=1S/C21H34N2O6/c1-20(2,3)14-17(16-12-19(25)23-29-16)27-9-6-8-26-10-7-21(4,5)13-15-11-18(24)22-28-15/h11-12,17H,6-10,13-14H2,1-5H3,(H,22,24)(H,23,25). The molecule has 0 amide bonds. The Balaban J connectivity index is 1.67. The van der Waals surface area contributed by atoms with Crippen molar-refractivity contribution in [1.29, 1.82) is 0 Å². The van der Waals surface area contributed by atoms with Crippen molar-refractivity contribution in [2.24, 2.45) is 10.8 Å². The van der Waals surface area contributed by atoms with Gasteiger partial charge in [-0.25, -0.2) is 0 Å². The second kappa shape index (κ2) is 10.1. The highest BCUT2D eigenvalue weighted by Crippen LogP contribution is 2.31. The minimum atomic E-state index is -0.260. The van der Waals surface area contributed by atoms with Gasteiger partial charge < -0.3 is 18.5 Å². The van der Waals surface area contributed by atoms with Gasteiger partial charge in [0, 0.05) is 38.4 Å². The van der Waals surface area contributed by atoms with E-state index in [0.717, 1.165) is 19.3 Å². The van der Waals surface area contributed by atoms with Crippen LogP contribution in [0.1, 0.15) is 71.5 Å². The highest BCUT2D eigenvalue weighted by atomic mass is 16.5. The molecule has 0 radical (unpaired) electrons. The first kappa shape index (κ1) is 23.2. The quantitative estimate of drug-likeness (QED) is 0.515. The maximum absolute atomic E-state index is 11.4. The second-order valence-electron chi connectivity index (χ2n) is 9.48. The van der Waals surface area contributed by atoms with Crippen molar-refractivity contribution in [3.8, 4) is 0 Å². The van der Waals surface area contributed by atoms with E-state index in [9.17, 15) is 9.59 Å². The molecule has 1 unspecified atom stereocenters. The van der Waals surface area contributed by atoms with Crippen LogP contribution in [0.25, 0.3) is 0 Å². The molecule has 0 spiro atoms. The van der Waals surface area contributed by atoms with Crippen LogP contribution in [0.2, 0.25) is 0 Å². The van der Waals surface area contributed by atoms with Crippen LogP contribution in [0.3, 0.4) is 0 Å². The molecular formula is C21H34N2O6. The number of ether oxygens (including phenoxy) is 2. The highest BCUT2D eigenvalue weighted by molar-refractivity contribution is 4.99. The van der Waals surface area contributed by atoms with Gasteiger partial charge in [0.15, 0.2) is 5.76 Å². The largest absolute Gasteiger partial charge is 0.384 e. The summed E-state index contributed by atoms with van der Waals surface area (Å²) in [5.74, 6) is 1.19. The molecular weight excluding hydrogens is 376 g/mol. The molecule has 0 saturated carbocycles. The molecule has 0 aliphatic heterocycles. The average Bonchev–Trinajstić information content (AvgIpc) is 3.19. The number of hydrogen-bond donors (Lipinski definition) is 2. The summed E-state index contributed by atoms with van der Waals surface area (Å²) < 4.78 is 22.1. The van der Waals surface area contributed by atoms with Gasteiger partial charge in [-0.3, -0.25) is 9.59 Å². The Morgan fingerprint density at radius 1 is 0.966 bits per heavy atom. The Morgan fingerprint density at radius 3 is 2.24 bits per heavy atom. The van der Waals surface area contributed by atoms with Gasteiger partial charge in [0.1, 0.15) is 11.9 Å². The number of rotatable bonds is 12. The van der Waals surface area contributed by atoms with E-state index >= 15 is 0 Å². The van der Waals surface area contributed by atoms with Gasteiger partial charge in [-0.2, -0.15) is 10.3 Å². The lowest BCUT2D eigenvalue weighted by Gasteiger charge is -2.24. The first-order valence-corrected chi connectivity index (χ1v) is 10.1. The minimum absolute atomic E-state index is 0.0295. The van der Waals surface area contributed by atoms with Crippen molar-refractivity contribution in [3.63, 3.8) is 0 Å². The number of aromatic nitrogens is 2. The van der Waals surface area contributed by atoms with E-state index in [-0.39, 0.29) is 28.1 Å². The van der Waals surface area contributed by atoms with Crippen LogP contribution < -0.4 is 11.1 Å². The smallest absolute Gasteiger partial charge is 0.280 e. The van der Waals surface area contributed by atoms with Crippen LogP contribution in [0.15, 0.2) is 30.8 Å². The van der Waals surface area contributed by atoms with E-state index in [0.29, 0.717) is 37.8 Å². The fourth-order valence-electron chi connectivity index (χ4n) is 3.06. The summed E-state index contributed by atoms with van der Waals surface area (Å²) in [6.07, 6.45) is 2.77. The Bertz CT molecular complexity index is 836. The van der Waals surface area contributed by atoms with Gasteiger partial charge in [-0.1, -0.05) is 34.6 Å². The molecule has 2 heterocycles. The van der Waals surface area contributed by atoms with Crippen LogP contribution in [0.4, 0.5) is 0 Å². The zero-order valence-corrected chi connectivity index (χ0v) is 18.1. The Kier molecular flexibility index (Phi) is 8.10. The predicted molar refractivity (Wildman–Crippen MR) is 109 cm³/mol. The van der Waals surface area contributed by atoms with E-state index in [2.05, 4.69) is 44.9 Å². The summed E-state index contributed by atoms with van der Waals surface area (Å²) >= 11 is 0. The fraction of sp³-hybridized carbons (Fsp3) is 0.714. The van der Waals surface area contributed by atoms with Gasteiger partial charge in [0.2, 0.25) is 0 Å². The maximum atomic E-state index is 11.4. The summed E-state index contributed by atoms with van der Waals surface area (Å²) in [4.78, 5) is 22.5. The summed E-state index contributed by atoms with van der Waals surface area (Å²) in [5.41, 5.74) is -0.456. The van der Waals surface area contributed by atoms with Crippen molar-refractivity contribution >= 4 is 0 Å². The molecule has 0 saturated heterocycles. The van der Waals surface area contributed by atoms with Gasteiger partial charge in [-0.15, -0.1) is 0 Å². The van der Waals surface area contributed by atoms with Crippen LogP contribution >= 0.6 is 0 Å². The summed E-state index contributed by atoms with van der Waals surface area (Å²) in [5, 5.41) is 4.64. The Labute approximate surface area is 170 Å². The number of H-pyrrole nitrogens is 2. The molecule has 0 aromatic carbocycles. The highest BCUT2D eigenvalue weighted by Gasteiger charge is 2.24. The lowest BCUT2D eigenvalue weighted by molar-refractivity contribution is -0.00514. The lowest BCUT2D eigenvalue weighted by atomic mass is 9.85. The molecule has 0 bridgehead atoms. The van der Waals surface area contributed by atoms with E-state index in [4.69, 9.17) is 18.5 Å². The predicted octanol–water partition coefficient (Wildman–Crippen LogP) is 3.81. The molecule has 2 rings (SSSR count).